The predicted octanol–water partition coefficient (Wildman–Crippen LogP) is 4.26. The van der Waals surface area contributed by atoms with Gasteiger partial charge in [-0.05, 0) is 43.0 Å². The van der Waals surface area contributed by atoms with Crippen LogP contribution in [0.4, 0.5) is 0 Å². The lowest BCUT2D eigenvalue weighted by molar-refractivity contribution is 0.288. The largest absolute Gasteiger partial charge is 0.493 e. The molecule has 0 aliphatic carbocycles. The zero-order valence-electron chi connectivity index (χ0n) is 16.1. The molecule has 1 aliphatic rings. The Kier molecular flexibility index (Phi) is 6.48. The Bertz CT molecular complexity index is 848. The summed E-state index contributed by atoms with van der Waals surface area (Å²) in [6.45, 7) is 3.66. The Morgan fingerprint density at radius 2 is 2.15 bits per heavy atom. The fraction of sp³-hybridized carbons (Fsp3) is 0.476. The van der Waals surface area contributed by atoms with Crippen molar-refractivity contribution < 1.29 is 9.47 Å². The molecule has 0 N–H and O–H groups in total. The van der Waals surface area contributed by atoms with E-state index in [9.17, 15) is 5.26 Å². The van der Waals surface area contributed by atoms with Crippen LogP contribution in [-0.4, -0.2) is 28.5 Å². The normalized spacial score (nSPS) is 14.2. The molecule has 6 heteroatoms. The van der Waals surface area contributed by atoms with Crippen LogP contribution < -0.4 is 9.47 Å². The summed E-state index contributed by atoms with van der Waals surface area (Å²) in [7, 11) is 1.62. The first kappa shape index (κ1) is 19.0. The quantitative estimate of drug-likeness (QED) is 0.541. The Morgan fingerprint density at radius 1 is 1.26 bits per heavy atom. The number of nitriles is 1. The minimum Gasteiger partial charge on any atom is -0.493 e. The lowest BCUT2D eigenvalue weighted by Gasteiger charge is -2.11. The van der Waals surface area contributed by atoms with E-state index in [0.717, 1.165) is 55.8 Å². The first-order chi connectivity index (χ1) is 13.3. The topological polar surface area (TPSA) is 73.0 Å². The van der Waals surface area contributed by atoms with Crippen LogP contribution in [0, 0.1) is 11.3 Å². The van der Waals surface area contributed by atoms with Gasteiger partial charge < -0.3 is 14.0 Å². The van der Waals surface area contributed by atoms with Gasteiger partial charge in [-0.15, -0.1) is 10.2 Å². The van der Waals surface area contributed by atoms with E-state index < -0.39 is 0 Å². The molecule has 1 aromatic heterocycles. The molecular weight excluding hydrogens is 340 g/mol. The third kappa shape index (κ3) is 4.48. The second-order valence-corrected chi connectivity index (χ2v) is 6.68. The number of nitrogens with zero attached hydrogens (tertiary/aromatic N) is 4. The van der Waals surface area contributed by atoms with Gasteiger partial charge in [-0.1, -0.05) is 25.8 Å². The molecule has 0 saturated carbocycles. The molecule has 0 spiro atoms. The molecule has 0 unspecified atom stereocenters. The fourth-order valence-electron chi connectivity index (χ4n) is 3.22. The number of hydrogen-bond donors (Lipinski definition) is 0. The van der Waals surface area contributed by atoms with E-state index in [2.05, 4.69) is 27.8 Å². The maximum absolute atomic E-state index is 9.70. The second-order valence-electron chi connectivity index (χ2n) is 6.68. The Hall–Kier alpha value is -2.81. The number of ether oxygens (including phenoxy) is 2. The number of allylic oxidation sites excluding steroid dienone is 1. The van der Waals surface area contributed by atoms with Crippen molar-refractivity contribution in [3.63, 3.8) is 0 Å². The van der Waals surface area contributed by atoms with E-state index in [0.29, 0.717) is 23.8 Å². The lowest BCUT2D eigenvalue weighted by atomic mass is 10.1. The van der Waals surface area contributed by atoms with Crippen LogP contribution in [0.1, 0.15) is 56.2 Å². The van der Waals surface area contributed by atoms with E-state index in [1.54, 1.807) is 7.11 Å². The first-order valence-corrected chi connectivity index (χ1v) is 9.62. The van der Waals surface area contributed by atoms with Gasteiger partial charge in [0.2, 0.25) is 0 Å². The predicted molar refractivity (Wildman–Crippen MR) is 104 cm³/mol. The minimum atomic E-state index is 0.511. The Morgan fingerprint density at radius 3 is 2.93 bits per heavy atom. The average molecular weight is 366 g/mol. The third-order valence-corrected chi connectivity index (χ3v) is 4.72. The van der Waals surface area contributed by atoms with Gasteiger partial charge >= 0.3 is 0 Å². The van der Waals surface area contributed by atoms with Crippen molar-refractivity contribution in [2.45, 2.75) is 52.0 Å². The highest BCUT2D eigenvalue weighted by molar-refractivity contribution is 5.87. The van der Waals surface area contributed by atoms with Crippen LogP contribution in [0.25, 0.3) is 11.6 Å². The monoisotopic (exact) mass is 366 g/mol. The zero-order chi connectivity index (χ0) is 19.1. The number of fused-ring (bicyclic) bond motifs is 1. The summed E-state index contributed by atoms with van der Waals surface area (Å²) in [5.74, 6) is 3.01. The maximum Gasteiger partial charge on any atom is 0.174 e. The van der Waals surface area contributed by atoms with Gasteiger partial charge in [0.1, 0.15) is 11.9 Å². The maximum atomic E-state index is 9.70. The number of aryl methyl sites for hydroxylation is 1. The van der Waals surface area contributed by atoms with Gasteiger partial charge in [-0.2, -0.15) is 5.26 Å². The van der Waals surface area contributed by atoms with Gasteiger partial charge in [0.15, 0.2) is 17.3 Å². The number of benzene rings is 1. The van der Waals surface area contributed by atoms with E-state index >= 15 is 0 Å². The van der Waals surface area contributed by atoms with Gasteiger partial charge in [-0.3, -0.25) is 0 Å². The molecule has 2 heterocycles. The van der Waals surface area contributed by atoms with Crippen molar-refractivity contribution in [3.05, 3.63) is 35.4 Å². The smallest absolute Gasteiger partial charge is 0.174 e. The Balaban J connectivity index is 1.88. The standard InChI is InChI=1S/C21H26N4O2/c1-3-4-12-27-18-10-9-16(14-19(18)26-2)13-17(15-22)21-24-23-20-8-6-5-7-11-25(20)21/h9-10,13-14H,3-8,11-12H2,1-2H3/b17-13+. The lowest BCUT2D eigenvalue weighted by Crippen LogP contribution is -2.05. The fourth-order valence-corrected chi connectivity index (χ4v) is 3.22. The van der Waals surface area contributed by atoms with Gasteiger partial charge in [0.05, 0.1) is 19.3 Å². The molecule has 0 fully saturated rings. The molecular formula is C21H26N4O2. The molecule has 0 radical (unpaired) electrons. The molecule has 142 valence electrons. The number of unbranched alkanes of at least 4 members (excludes halogenated alkanes) is 1. The van der Waals surface area contributed by atoms with E-state index in [4.69, 9.17) is 9.47 Å². The molecule has 2 aromatic rings. The summed E-state index contributed by atoms with van der Waals surface area (Å²) in [5.41, 5.74) is 1.38. The van der Waals surface area contributed by atoms with E-state index in [1.807, 2.05) is 24.3 Å². The molecule has 27 heavy (non-hydrogen) atoms. The van der Waals surface area contributed by atoms with E-state index in [1.165, 1.54) is 6.42 Å². The second kappa shape index (κ2) is 9.22. The van der Waals surface area contributed by atoms with Crippen LogP contribution >= 0.6 is 0 Å². The summed E-state index contributed by atoms with van der Waals surface area (Å²) in [5, 5.41) is 18.3. The highest BCUT2D eigenvalue weighted by Gasteiger charge is 2.18. The average Bonchev–Trinajstić information content (AvgIpc) is 2.94. The van der Waals surface area contributed by atoms with Crippen LogP contribution in [0.3, 0.4) is 0 Å². The molecule has 0 bridgehead atoms. The first-order valence-electron chi connectivity index (χ1n) is 9.62. The molecule has 1 aliphatic heterocycles. The highest BCUT2D eigenvalue weighted by atomic mass is 16.5. The summed E-state index contributed by atoms with van der Waals surface area (Å²) >= 11 is 0. The molecule has 6 nitrogen and oxygen atoms in total. The van der Waals surface area contributed by atoms with Gasteiger partial charge in [0.25, 0.3) is 0 Å². The molecule has 0 atom stereocenters. The summed E-state index contributed by atoms with van der Waals surface area (Å²) in [6.07, 6.45) is 8.24. The molecule has 0 saturated heterocycles. The Labute approximate surface area is 160 Å². The molecule has 0 amide bonds. The SMILES string of the molecule is CCCCOc1ccc(/C=C(\C#N)c2nnc3n2CCCCC3)cc1OC. The number of aromatic nitrogens is 3. The highest BCUT2D eigenvalue weighted by Crippen LogP contribution is 2.30. The zero-order valence-corrected chi connectivity index (χ0v) is 16.1. The third-order valence-electron chi connectivity index (χ3n) is 4.72. The van der Waals surface area contributed by atoms with Crippen molar-refractivity contribution in [2.75, 3.05) is 13.7 Å². The van der Waals surface area contributed by atoms with Crippen molar-refractivity contribution in [1.29, 1.82) is 5.26 Å². The molecule has 3 rings (SSSR count). The van der Waals surface area contributed by atoms with Gasteiger partial charge in [0, 0.05) is 13.0 Å². The van der Waals surface area contributed by atoms with Crippen molar-refractivity contribution in [3.8, 4) is 17.6 Å². The van der Waals surface area contributed by atoms with Crippen molar-refractivity contribution >= 4 is 11.6 Å². The van der Waals surface area contributed by atoms with Crippen molar-refractivity contribution in [1.82, 2.24) is 14.8 Å². The van der Waals surface area contributed by atoms with E-state index in [-0.39, 0.29) is 0 Å². The summed E-state index contributed by atoms with van der Waals surface area (Å²) < 4.78 is 13.3. The number of rotatable bonds is 7. The van der Waals surface area contributed by atoms with Crippen LogP contribution in [0.5, 0.6) is 11.5 Å². The summed E-state index contributed by atoms with van der Waals surface area (Å²) in [6, 6.07) is 7.99. The molecule has 1 aromatic carbocycles. The van der Waals surface area contributed by atoms with Crippen molar-refractivity contribution in [2.24, 2.45) is 0 Å². The van der Waals surface area contributed by atoms with Gasteiger partial charge in [-0.25, -0.2) is 0 Å². The summed E-state index contributed by atoms with van der Waals surface area (Å²) in [4.78, 5) is 0. The van der Waals surface area contributed by atoms with Crippen LogP contribution in [-0.2, 0) is 13.0 Å². The van der Waals surface area contributed by atoms with Crippen LogP contribution in [0.2, 0.25) is 0 Å². The van der Waals surface area contributed by atoms with Crippen LogP contribution in [0.15, 0.2) is 18.2 Å². The number of methoxy groups -OCH3 is 1. The number of hydrogen-bond acceptors (Lipinski definition) is 5. The minimum absolute atomic E-state index is 0.511.